The largest absolute Gasteiger partial charge is 0.325 e. The average Bonchev–Trinajstić information content (AvgIpc) is 3.46. The normalized spacial score (nSPS) is 33.9. The lowest BCUT2D eigenvalue weighted by Gasteiger charge is -2.52. The Kier molecular flexibility index (Phi) is 7.71. The molecule has 1 saturated heterocycles. The molecule has 2 spiro atoms. The summed E-state index contributed by atoms with van der Waals surface area (Å²) < 4.78 is 31.1. The Morgan fingerprint density at radius 3 is 2.35 bits per heavy atom. The number of carbonyl (C=O) groups excluding carboxylic acids is 3. The summed E-state index contributed by atoms with van der Waals surface area (Å²) in [5, 5.41) is 7.27. The number of nitrogens with one attached hydrogen (secondary N) is 3. The summed E-state index contributed by atoms with van der Waals surface area (Å²) in [5.74, 6) is 1.62. The summed E-state index contributed by atoms with van der Waals surface area (Å²) in [6.07, 6.45) is 9.69. The lowest BCUT2D eigenvalue weighted by molar-refractivity contribution is -0.140. The highest BCUT2D eigenvalue weighted by molar-refractivity contribution is 7.98. The highest BCUT2D eigenvalue weighted by atomic mass is 35.5. The number of carbonyl (C=O) groups is 3. The first-order valence-corrected chi connectivity index (χ1v) is 19.1. The Morgan fingerprint density at radius 1 is 1.02 bits per heavy atom. The molecule has 2 amide bonds. The fourth-order valence-electron chi connectivity index (χ4n) is 9.92. The molecule has 7 nitrogen and oxygen atoms in total. The van der Waals surface area contributed by atoms with Crippen LogP contribution in [-0.4, -0.2) is 45.5 Å². The van der Waals surface area contributed by atoms with Crippen molar-refractivity contribution in [2.24, 2.45) is 10.8 Å². The molecule has 4 aliphatic carbocycles. The van der Waals surface area contributed by atoms with Crippen molar-refractivity contribution in [3.05, 3.63) is 63.4 Å². The van der Waals surface area contributed by atoms with E-state index >= 15 is 4.39 Å². The number of amides is 2. The van der Waals surface area contributed by atoms with E-state index in [-0.39, 0.29) is 40.0 Å². The zero-order chi connectivity index (χ0) is 32.7. The van der Waals surface area contributed by atoms with Gasteiger partial charge in [-0.05, 0) is 92.0 Å². The number of benzene rings is 2. The summed E-state index contributed by atoms with van der Waals surface area (Å²) in [6.45, 7) is 0. The standard InChI is InChI=1S/C35H40Cl2FN3O4S/c1-46(2,45)41-30(43)33-16-13-32(14-17-33,15-18-33)20-26(42)29-27(22-7-6-8-24(37)28(22)38)35(34(40-29)11-4-3-5-12-34)23-10-9-21(36)19-25(23)39-31(35)44/h6-10,19,27,29,40H,1,3-5,11-18,20H2,2H3,(H,39,44)(H,41,43,45)/t27-,29-,32?,33?,35+,46?/m0/s1. The minimum Gasteiger partial charge on any atom is -0.325 e. The van der Waals surface area contributed by atoms with Gasteiger partial charge in [0, 0.05) is 44.6 Å². The molecule has 5 fully saturated rings. The zero-order valence-corrected chi connectivity index (χ0v) is 28.3. The van der Waals surface area contributed by atoms with E-state index < -0.39 is 43.9 Å². The molecule has 4 saturated carbocycles. The van der Waals surface area contributed by atoms with Gasteiger partial charge in [0.15, 0.2) is 5.78 Å². The first-order valence-electron chi connectivity index (χ1n) is 16.3. The van der Waals surface area contributed by atoms with E-state index in [4.69, 9.17) is 23.2 Å². The molecule has 46 heavy (non-hydrogen) atoms. The molecule has 6 aliphatic rings. The zero-order valence-electron chi connectivity index (χ0n) is 26.0. The van der Waals surface area contributed by atoms with Gasteiger partial charge in [-0.2, -0.15) is 0 Å². The van der Waals surface area contributed by atoms with Crippen LogP contribution in [-0.2, 0) is 29.5 Å². The van der Waals surface area contributed by atoms with E-state index in [1.807, 2.05) is 6.07 Å². The minimum atomic E-state index is -2.68. The van der Waals surface area contributed by atoms with Crippen molar-refractivity contribution in [1.29, 1.82) is 0 Å². The number of anilines is 1. The van der Waals surface area contributed by atoms with Crippen LogP contribution >= 0.6 is 23.2 Å². The van der Waals surface area contributed by atoms with Gasteiger partial charge < -0.3 is 5.32 Å². The highest BCUT2D eigenvalue weighted by Gasteiger charge is 2.72. The number of ketones is 1. The first-order chi connectivity index (χ1) is 21.7. The summed E-state index contributed by atoms with van der Waals surface area (Å²) in [6, 6.07) is 9.36. The van der Waals surface area contributed by atoms with Gasteiger partial charge in [0.2, 0.25) is 11.8 Å². The lowest BCUT2D eigenvalue weighted by Crippen LogP contribution is -2.60. The van der Waals surface area contributed by atoms with Crippen LogP contribution in [0.25, 0.3) is 0 Å². The topological polar surface area (TPSA) is 104 Å². The molecular weight excluding hydrogens is 648 g/mol. The van der Waals surface area contributed by atoms with Gasteiger partial charge in [0.25, 0.3) is 0 Å². The van der Waals surface area contributed by atoms with Gasteiger partial charge in [0.05, 0.1) is 16.5 Å². The molecule has 0 aromatic heterocycles. The maximum atomic E-state index is 16.2. The van der Waals surface area contributed by atoms with Gasteiger partial charge in [-0.25, -0.2) is 8.60 Å². The van der Waals surface area contributed by atoms with Crippen molar-refractivity contribution in [2.45, 2.75) is 100.0 Å². The van der Waals surface area contributed by atoms with Crippen molar-refractivity contribution in [3.8, 4) is 0 Å². The fourth-order valence-corrected chi connectivity index (χ4v) is 10.9. The number of halogens is 3. The maximum Gasteiger partial charge on any atom is 0.237 e. The second-order valence-corrected chi connectivity index (χ2v) is 17.8. The van der Waals surface area contributed by atoms with Gasteiger partial charge in [-0.3, -0.25) is 24.4 Å². The molecule has 8 rings (SSSR count). The summed E-state index contributed by atoms with van der Waals surface area (Å²) in [4.78, 5) is 42.6. The Hall–Kier alpha value is -2.46. The predicted molar refractivity (Wildman–Crippen MR) is 180 cm³/mol. The fraction of sp³-hybridized carbons (Fsp3) is 0.543. The number of rotatable bonds is 6. The molecule has 1 unspecified atom stereocenters. The second-order valence-electron chi connectivity index (χ2n) is 14.7. The minimum absolute atomic E-state index is 0.0467. The van der Waals surface area contributed by atoms with Gasteiger partial charge in [0.1, 0.15) is 11.2 Å². The van der Waals surface area contributed by atoms with Crippen molar-refractivity contribution in [3.63, 3.8) is 0 Å². The van der Waals surface area contributed by atoms with Crippen molar-refractivity contribution in [2.75, 3.05) is 11.6 Å². The van der Waals surface area contributed by atoms with E-state index in [9.17, 15) is 18.6 Å². The molecule has 11 heteroatoms. The van der Waals surface area contributed by atoms with Crippen LogP contribution in [0.3, 0.4) is 0 Å². The third-order valence-electron chi connectivity index (χ3n) is 12.1. The Labute approximate surface area is 279 Å². The molecule has 0 radical (unpaired) electrons. The van der Waals surface area contributed by atoms with Crippen LogP contribution < -0.4 is 15.4 Å². The van der Waals surface area contributed by atoms with Crippen LogP contribution in [0.4, 0.5) is 10.1 Å². The summed E-state index contributed by atoms with van der Waals surface area (Å²) >= 11 is 12.8. The van der Waals surface area contributed by atoms with E-state index in [0.29, 0.717) is 62.1 Å². The van der Waals surface area contributed by atoms with Gasteiger partial charge in [-0.15, -0.1) is 0 Å². The molecule has 2 aliphatic heterocycles. The third kappa shape index (κ3) is 4.78. The van der Waals surface area contributed by atoms with E-state index in [1.54, 1.807) is 24.3 Å². The Bertz CT molecular complexity index is 1730. The van der Waals surface area contributed by atoms with Crippen LogP contribution in [0.5, 0.6) is 0 Å². The summed E-state index contributed by atoms with van der Waals surface area (Å²) in [7, 11) is -2.68. The van der Waals surface area contributed by atoms with E-state index in [1.165, 1.54) is 12.3 Å². The smallest absolute Gasteiger partial charge is 0.237 e. The van der Waals surface area contributed by atoms with Crippen molar-refractivity contribution < 1.29 is 23.0 Å². The average molecular weight is 689 g/mol. The SMILES string of the molecule is C=S(C)(=O)NC(=O)C12CCC(CC(=O)[C@@H]3NC4(CCCCC4)[C@@]4(C(=O)Nc5cc(Cl)ccc54)[C@H]3c3cccc(Cl)c3F)(CC1)CC2. The molecule has 246 valence electrons. The van der Waals surface area contributed by atoms with Gasteiger partial charge >= 0.3 is 0 Å². The summed E-state index contributed by atoms with van der Waals surface area (Å²) in [5.41, 5.74) is -1.34. The van der Waals surface area contributed by atoms with E-state index in [0.717, 1.165) is 24.8 Å². The number of hydrogen-bond donors (Lipinski definition) is 3. The van der Waals surface area contributed by atoms with Crippen LogP contribution in [0.1, 0.15) is 94.1 Å². The van der Waals surface area contributed by atoms with Crippen LogP contribution in [0, 0.1) is 16.6 Å². The third-order valence-corrected chi connectivity index (χ3v) is 13.3. The quantitative estimate of drug-likeness (QED) is 0.303. The van der Waals surface area contributed by atoms with Crippen molar-refractivity contribution >= 4 is 62.1 Å². The number of fused-ring (bicyclic) bond motifs is 6. The van der Waals surface area contributed by atoms with Crippen LogP contribution in [0.15, 0.2) is 36.4 Å². The molecular formula is C35H40Cl2FN3O4S. The molecule has 2 aromatic rings. The van der Waals surface area contributed by atoms with E-state index in [2.05, 4.69) is 21.2 Å². The number of Topliss-reactive ketones (excluding diaryl/α,β-unsaturated/α-hetero) is 1. The first kappa shape index (κ1) is 32.1. The predicted octanol–water partition coefficient (Wildman–Crippen LogP) is 6.46. The monoisotopic (exact) mass is 687 g/mol. The molecule has 2 heterocycles. The Balaban J connectivity index is 1.29. The number of hydrogen-bond acceptors (Lipinski definition) is 5. The van der Waals surface area contributed by atoms with Crippen LogP contribution in [0.2, 0.25) is 10.0 Å². The maximum absolute atomic E-state index is 16.2. The Morgan fingerprint density at radius 2 is 1.70 bits per heavy atom. The molecule has 2 aromatic carbocycles. The van der Waals surface area contributed by atoms with Gasteiger partial charge in [-0.1, -0.05) is 60.7 Å². The lowest BCUT2D eigenvalue weighted by atomic mass is 9.51. The molecule has 4 atom stereocenters. The molecule has 3 N–H and O–H groups in total. The second kappa shape index (κ2) is 11.0. The molecule has 2 bridgehead atoms. The van der Waals surface area contributed by atoms with Crippen molar-refractivity contribution in [1.82, 2.24) is 10.0 Å². The highest BCUT2D eigenvalue weighted by Crippen LogP contribution is 2.64.